The summed E-state index contributed by atoms with van der Waals surface area (Å²) in [5.41, 5.74) is 3.76. The standard InChI is InChI=1S/C26H30N2O4/c1-6-15-32-24(30)17-7-10-19(11-8-17)27-23(29)22(28-31)18-9-12-20-21(16-18)26(4,5)14-13-25(20,2)3/h6-12,16,31H,1,13-15H2,2-5H3,(H,27,29)/b28-22+. The molecule has 2 aromatic carbocycles. The van der Waals surface area contributed by atoms with Crippen LogP contribution in [0, 0.1) is 0 Å². The van der Waals surface area contributed by atoms with Gasteiger partial charge in [-0.15, -0.1) is 0 Å². The molecule has 2 N–H and O–H groups in total. The maximum Gasteiger partial charge on any atom is 0.338 e. The molecule has 6 heteroatoms. The normalized spacial score (nSPS) is 16.6. The van der Waals surface area contributed by atoms with Gasteiger partial charge in [-0.2, -0.15) is 0 Å². The van der Waals surface area contributed by atoms with Crippen LogP contribution < -0.4 is 5.32 Å². The number of esters is 1. The lowest BCUT2D eigenvalue weighted by atomic mass is 9.63. The number of amides is 1. The minimum absolute atomic E-state index is 0.0338. The third kappa shape index (κ3) is 4.74. The van der Waals surface area contributed by atoms with Gasteiger partial charge in [-0.3, -0.25) is 4.79 Å². The Kier molecular flexibility index (Phi) is 6.53. The van der Waals surface area contributed by atoms with Crippen molar-refractivity contribution in [1.29, 1.82) is 0 Å². The third-order valence-corrected chi connectivity index (χ3v) is 6.15. The number of hydrogen-bond donors (Lipinski definition) is 2. The van der Waals surface area contributed by atoms with Gasteiger partial charge in [0.25, 0.3) is 5.91 Å². The number of anilines is 1. The highest BCUT2D eigenvalue weighted by atomic mass is 16.5. The van der Waals surface area contributed by atoms with Gasteiger partial charge in [0.1, 0.15) is 6.61 Å². The van der Waals surface area contributed by atoms with Crippen LogP contribution in [0.3, 0.4) is 0 Å². The molecule has 1 aliphatic carbocycles. The van der Waals surface area contributed by atoms with Crippen molar-refractivity contribution >= 4 is 23.3 Å². The van der Waals surface area contributed by atoms with Crippen molar-refractivity contribution in [2.45, 2.75) is 51.4 Å². The number of rotatable bonds is 6. The molecule has 0 radical (unpaired) electrons. The molecule has 168 valence electrons. The summed E-state index contributed by atoms with van der Waals surface area (Å²) < 4.78 is 4.99. The lowest BCUT2D eigenvalue weighted by Crippen LogP contribution is -2.34. The third-order valence-electron chi connectivity index (χ3n) is 6.15. The molecular formula is C26H30N2O4. The van der Waals surface area contributed by atoms with E-state index in [1.807, 2.05) is 18.2 Å². The molecule has 0 aliphatic heterocycles. The van der Waals surface area contributed by atoms with Crippen LogP contribution in [-0.2, 0) is 20.4 Å². The van der Waals surface area contributed by atoms with E-state index in [0.717, 1.165) is 12.8 Å². The molecule has 0 bridgehead atoms. The van der Waals surface area contributed by atoms with E-state index in [1.54, 1.807) is 24.3 Å². The number of fused-ring (bicyclic) bond motifs is 1. The average molecular weight is 435 g/mol. The molecule has 6 nitrogen and oxygen atoms in total. The number of hydrogen-bond acceptors (Lipinski definition) is 5. The predicted octanol–water partition coefficient (Wildman–Crippen LogP) is 5.20. The van der Waals surface area contributed by atoms with Crippen molar-refractivity contribution in [3.05, 3.63) is 77.4 Å². The molecule has 0 atom stereocenters. The Hall–Kier alpha value is -3.41. The average Bonchev–Trinajstić information content (AvgIpc) is 2.76. The SMILES string of the molecule is C=CCOC(=O)c1ccc(NC(=O)/C(=N/O)c2ccc3c(c2)C(C)(C)CCC3(C)C)cc1. The number of nitrogens with zero attached hydrogens (tertiary/aromatic N) is 1. The molecule has 0 saturated heterocycles. The Balaban J connectivity index is 1.81. The number of carbonyl (C=O) groups excluding carboxylic acids is 2. The maximum atomic E-state index is 12.9. The van der Waals surface area contributed by atoms with Gasteiger partial charge < -0.3 is 15.3 Å². The lowest BCUT2D eigenvalue weighted by Gasteiger charge is -2.42. The second-order valence-corrected chi connectivity index (χ2v) is 9.40. The highest BCUT2D eigenvalue weighted by Gasteiger charge is 2.37. The van der Waals surface area contributed by atoms with Gasteiger partial charge in [0.05, 0.1) is 5.56 Å². The van der Waals surface area contributed by atoms with Crippen LogP contribution in [-0.4, -0.2) is 29.4 Å². The number of carbonyl (C=O) groups is 2. The zero-order chi connectivity index (χ0) is 23.5. The second-order valence-electron chi connectivity index (χ2n) is 9.40. The number of ether oxygens (including phenoxy) is 1. The van der Waals surface area contributed by atoms with Gasteiger partial charge in [-0.1, -0.05) is 57.6 Å². The zero-order valence-corrected chi connectivity index (χ0v) is 19.1. The molecule has 0 aromatic heterocycles. The zero-order valence-electron chi connectivity index (χ0n) is 19.1. The van der Waals surface area contributed by atoms with Crippen molar-refractivity contribution in [3.63, 3.8) is 0 Å². The lowest BCUT2D eigenvalue weighted by molar-refractivity contribution is -0.110. The molecular weight excluding hydrogens is 404 g/mol. The van der Waals surface area contributed by atoms with Crippen LogP contribution in [0.4, 0.5) is 5.69 Å². The van der Waals surface area contributed by atoms with E-state index in [4.69, 9.17) is 4.74 Å². The highest BCUT2D eigenvalue weighted by Crippen LogP contribution is 2.45. The van der Waals surface area contributed by atoms with E-state index in [2.05, 4.69) is 44.7 Å². The van der Waals surface area contributed by atoms with Gasteiger partial charge >= 0.3 is 5.97 Å². The molecule has 1 aliphatic rings. The first-order chi connectivity index (χ1) is 15.1. The molecule has 0 spiro atoms. The van der Waals surface area contributed by atoms with E-state index < -0.39 is 11.9 Å². The fraction of sp³-hybridized carbons (Fsp3) is 0.346. The Morgan fingerprint density at radius 3 is 2.22 bits per heavy atom. The monoisotopic (exact) mass is 434 g/mol. The van der Waals surface area contributed by atoms with Crippen LogP contribution in [0.25, 0.3) is 0 Å². The molecule has 0 saturated carbocycles. The van der Waals surface area contributed by atoms with Crippen LogP contribution in [0.2, 0.25) is 0 Å². The van der Waals surface area contributed by atoms with Gasteiger partial charge in [0.15, 0.2) is 5.71 Å². The second kappa shape index (κ2) is 8.99. The van der Waals surface area contributed by atoms with Crippen LogP contribution >= 0.6 is 0 Å². The quantitative estimate of drug-likeness (QED) is 0.215. The highest BCUT2D eigenvalue weighted by molar-refractivity contribution is 6.48. The Morgan fingerprint density at radius 2 is 1.62 bits per heavy atom. The number of oxime groups is 1. The van der Waals surface area contributed by atoms with E-state index in [9.17, 15) is 14.8 Å². The largest absolute Gasteiger partial charge is 0.458 e. The first-order valence-corrected chi connectivity index (χ1v) is 10.7. The van der Waals surface area contributed by atoms with Crippen molar-refractivity contribution in [2.24, 2.45) is 5.16 Å². The van der Waals surface area contributed by atoms with Crippen molar-refractivity contribution in [2.75, 3.05) is 11.9 Å². The molecule has 32 heavy (non-hydrogen) atoms. The molecule has 0 unspecified atom stereocenters. The van der Waals surface area contributed by atoms with Gasteiger partial charge in [0.2, 0.25) is 0 Å². The fourth-order valence-electron chi connectivity index (χ4n) is 4.07. The summed E-state index contributed by atoms with van der Waals surface area (Å²) in [6, 6.07) is 12.1. The molecule has 3 rings (SSSR count). The van der Waals surface area contributed by atoms with Crippen molar-refractivity contribution < 1.29 is 19.5 Å². The fourth-order valence-corrected chi connectivity index (χ4v) is 4.07. The maximum absolute atomic E-state index is 12.9. The summed E-state index contributed by atoms with van der Waals surface area (Å²) in [6.45, 7) is 12.5. The Labute approximate surface area is 189 Å². The number of benzene rings is 2. The van der Waals surface area contributed by atoms with E-state index in [0.29, 0.717) is 16.8 Å². The van der Waals surface area contributed by atoms with Gasteiger partial charge in [-0.05, 0) is 65.1 Å². The summed E-state index contributed by atoms with van der Waals surface area (Å²) >= 11 is 0. The first kappa shape index (κ1) is 23.3. The molecule has 2 aromatic rings. The van der Waals surface area contributed by atoms with Crippen LogP contribution in [0.1, 0.15) is 67.6 Å². The van der Waals surface area contributed by atoms with Crippen LogP contribution in [0.5, 0.6) is 0 Å². The summed E-state index contributed by atoms with van der Waals surface area (Å²) in [4.78, 5) is 24.7. The Bertz CT molecular complexity index is 1070. The van der Waals surface area contributed by atoms with E-state index in [1.165, 1.54) is 17.2 Å². The minimum Gasteiger partial charge on any atom is -0.458 e. The Morgan fingerprint density at radius 1 is 1.03 bits per heavy atom. The summed E-state index contributed by atoms with van der Waals surface area (Å²) in [5.74, 6) is -1.01. The van der Waals surface area contributed by atoms with Gasteiger partial charge in [0, 0.05) is 11.3 Å². The molecule has 0 heterocycles. The van der Waals surface area contributed by atoms with E-state index >= 15 is 0 Å². The van der Waals surface area contributed by atoms with Gasteiger partial charge in [-0.25, -0.2) is 4.79 Å². The van der Waals surface area contributed by atoms with Crippen molar-refractivity contribution in [1.82, 2.24) is 0 Å². The summed E-state index contributed by atoms with van der Waals surface area (Å²) in [6.07, 6.45) is 3.62. The predicted molar refractivity (Wildman–Crippen MR) is 126 cm³/mol. The van der Waals surface area contributed by atoms with Crippen LogP contribution in [0.15, 0.2) is 60.3 Å². The first-order valence-electron chi connectivity index (χ1n) is 10.7. The summed E-state index contributed by atoms with van der Waals surface area (Å²) in [5, 5.41) is 15.6. The number of nitrogens with one attached hydrogen (secondary N) is 1. The van der Waals surface area contributed by atoms with Crippen molar-refractivity contribution in [3.8, 4) is 0 Å². The molecule has 1 amide bonds. The molecule has 0 fully saturated rings. The minimum atomic E-state index is -0.540. The smallest absolute Gasteiger partial charge is 0.338 e. The van der Waals surface area contributed by atoms with E-state index in [-0.39, 0.29) is 23.1 Å². The topological polar surface area (TPSA) is 88.0 Å². The summed E-state index contributed by atoms with van der Waals surface area (Å²) in [7, 11) is 0.